The molecule has 0 radical (unpaired) electrons. The topological polar surface area (TPSA) is 82.8 Å². The summed E-state index contributed by atoms with van der Waals surface area (Å²) in [7, 11) is 0. The molecule has 1 aromatic heterocycles. The van der Waals surface area contributed by atoms with Crippen molar-refractivity contribution in [3.63, 3.8) is 0 Å². The van der Waals surface area contributed by atoms with Gasteiger partial charge in [-0.2, -0.15) is 10.5 Å². The van der Waals surface area contributed by atoms with Gasteiger partial charge in [-0.3, -0.25) is 0 Å². The molecule has 1 aromatic carbocycles. The fourth-order valence-electron chi connectivity index (χ4n) is 2.49. The van der Waals surface area contributed by atoms with Gasteiger partial charge in [0, 0.05) is 0 Å². The Balaban J connectivity index is 2.24. The van der Waals surface area contributed by atoms with Crippen molar-refractivity contribution in [2.24, 2.45) is 5.73 Å². The lowest BCUT2D eigenvalue weighted by Gasteiger charge is -2.25. The van der Waals surface area contributed by atoms with Gasteiger partial charge < -0.3 is 10.5 Å². The third kappa shape index (κ3) is 2.74. The fourth-order valence-corrected chi connectivity index (χ4v) is 3.51. The van der Waals surface area contributed by atoms with Crippen molar-refractivity contribution in [3.05, 3.63) is 73.2 Å². The van der Waals surface area contributed by atoms with E-state index in [0.717, 1.165) is 4.88 Å². The van der Waals surface area contributed by atoms with Crippen molar-refractivity contribution in [1.29, 1.82) is 10.5 Å². The van der Waals surface area contributed by atoms with Crippen LogP contribution in [0, 0.1) is 22.7 Å². The van der Waals surface area contributed by atoms with E-state index in [2.05, 4.69) is 6.07 Å². The SMILES string of the molecule is N#CC1=C(N)OC(c2cccs2)=C(C#N)C1c1ccc(Cl)c(Cl)c1. The third-order valence-electron chi connectivity index (χ3n) is 3.56. The molecule has 1 aliphatic heterocycles. The highest BCUT2D eigenvalue weighted by Gasteiger charge is 2.34. The van der Waals surface area contributed by atoms with E-state index in [1.807, 2.05) is 23.6 Å². The van der Waals surface area contributed by atoms with Crippen LogP contribution in [-0.4, -0.2) is 0 Å². The molecule has 0 aliphatic carbocycles. The van der Waals surface area contributed by atoms with Gasteiger partial charge in [-0.15, -0.1) is 11.3 Å². The number of nitrogens with zero attached hydrogens (tertiary/aromatic N) is 2. The molecular formula is C17H9Cl2N3OS. The summed E-state index contributed by atoms with van der Waals surface area (Å²) in [6.45, 7) is 0. The van der Waals surface area contributed by atoms with Gasteiger partial charge >= 0.3 is 0 Å². The highest BCUT2D eigenvalue weighted by Crippen LogP contribution is 2.43. The maximum atomic E-state index is 9.70. The summed E-state index contributed by atoms with van der Waals surface area (Å²) in [5.74, 6) is -0.309. The zero-order valence-electron chi connectivity index (χ0n) is 12.1. The van der Waals surface area contributed by atoms with E-state index in [1.54, 1.807) is 18.2 Å². The Labute approximate surface area is 152 Å². The van der Waals surface area contributed by atoms with Gasteiger partial charge in [0.2, 0.25) is 5.88 Å². The lowest BCUT2D eigenvalue weighted by Crippen LogP contribution is -2.19. The Bertz CT molecular complexity index is 949. The van der Waals surface area contributed by atoms with Crippen molar-refractivity contribution in [1.82, 2.24) is 0 Å². The monoisotopic (exact) mass is 373 g/mol. The molecule has 3 rings (SSSR count). The normalized spacial score (nSPS) is 17.2. The average Bonchev–Trinajstić information content (AvgIpc) is 3.10. The van der Waals surface area contributed by atoms with Gasteiger partial charge in [0.25, 0.3) is 0 Å². The van der Waals surface area contributed by atoms with Crippen LogP contribution in [0.1, 0.15) is 16.4 Å². The quantitative estimate of drug-likeness (QED) is 0.819. The molecule has 7 heteroatoms. The van der Waals surface area contributed by atoms with Gasteiger partial charge in [0.15, 0.2) is 5.76 Å². The molecule has 0 fully saturated rings. The van der Waals surface area contributed by atoms with Gasteiger partial charge in [-0.05, 0) is 29.1 Å². The van der Waals surface area contributed by atoms with Crippen molar-refractivity contribution in [2.45, 2.75) is 5.92 Å². The van der Waals surface area contributed by atoms with Gasteiger partial charge in [-0.25, -0.2) is 0 Å². The van der Waals surface area contributed by atoms with Crippen LogP contribution in [0.5, 0.6) is 0 Å². The van der Waals surface area contributed by atoms with Gasteiger partial charge in [0.05, 0.1) is 32.5 Å². The average molecular weight is 374 g/mol. The molecule has 2 aromatic rings. The standard InChI is InChI=1S/C17H9Cl2N3OS/c18-12-4-3-9(6-13(12)19)15-10(7-20)16(14-2-1-5-24-14)23-17(22)11(15)8-21/h1-6,15H,22H2. The first-order chi connectivity index (χ1) is 11.6. The molecule has 0 spiro atoms. The van der Waals surface area contributed by atoms with E-state index in [0.29, 0.717) is 26.9 Å². The number of allylic oxidation sites excluding steroid dienone is 2. The van der Waals surface area contributed by atoms with Crippen molar-refractivity contribution < 1.29 is 4.74 Å². The Morgan fingerprint density at radius 1 is 1.08 bits per heavy atom. The second-order valence-electron chi connectivity index (χ2n) is 4.93. The smallest absolute Gasteiger partial charge is 0.205 e. The molecule has 0 saturated heterocycles. The van der Waals surface area contributed by atoms with E-state index >= 15 is 0 Å². The predicted octanol–water partition coefficient (Wildman–Crippen LogP) is 4.80. The lowest BCUT2D eigenvalue weighted by molar-refractivity contribution is 0.358. The molecule has 118 valence electrons. The molecule has 4 nitrogen and oxygen atoms in total. The number of halogens is 2. The molecular weight excluding hydrogens is 365 g/mol. The Morgan fingerprint density at radius 2 is 1.83 bits per heavy atom. The van der Waals surface area contributed by atoms with E-state index < -0.39 is 5.92 Å². The van der Waals surface area contributed by atoms with E-state index in [9.17, 15) is 10.5 Å². The van der Waals surface area contributed by atoms with E-state index in [4.69, 9.17) is 33.7 Å². The number of hydrogen-bond acceptors (Lipinski definition) is 5. The first-order valence-corrected chi connectivity index (χ1v) is 8.41. The van der Waals surface area contributed by atoms with Crippen LogP contribution < -0.4 is 5.73 Å². The molecule has 1 unspecified atom stereocenters. The summed E-state index contributed by atoms with van der Waals surface area (Å²) in [6.07, 6.45) is 0. The number of nitriles is 2. The maximum absolute atomic E-state index is 9.70. The summed E-state index contributed by atoms with van der Waals surface area (Å²) < 4.78 is 5.59. The van der Waals surface area contributed by atoms with Crippen molar-refractivity contribution in [2.75, 3.05) is 0 Å². The highest BCUT2D eigenvalue weighted by atomic mass is 35.5. The second-order valence-corrected chi connectivity index (χ2v) is 6.69. The minimum Gasteiger partial charge on any atom is -0.438 e. The molecule has 0 amide bonds. The molecule has 1 atom stereocenters. The number of benzene rings is 1. The lowest BCUT2D eigenvalue weighted by atomic mass is 9.83. The van der Waals surface area contributed by atoms with Crippen LogP contribution in [0.25, 0.3) is 5.76 Å². The van der Waals surface area contributed by atoms with Crippen LogP contribution >= 0.6 is 34.5 Å². The van der Waals surface area contributed by atoms with Gasteiger partial charge in [0.1, 0.15) is 11.6 Å². The zero-order valence-corrected chi connectivity index (χ0v) is 14.4. The van der Waals surface area contributed by atoms with Crippen LogP contribution in [0.15, 0.2) is 52.7 Å². The van der Waals surface area contributed by atoms with Crippen molar-refractivity contribution >= 4 is 40.3 Å². The summed E-state index contributed by atoms with van der Waals surface area (Å²) in [5.41, 5.74) is 7.06. The fraction of sp³-hybridized carbons (Fsp3) is 0.0588. The Morgan fingerprint density at radius 3 is 2.42 bits per heavy atom. The molecule has 0 saturated carbocycles. The van der Waals surface area contributed by atoms with Crippen LogP contribution in [-0.2, 0) is 4.74 Å². The minimum absolute atomic E-state index is 0.0176. The number of nitrogens with two attached hydrogens (primary N) is 1. The van der Waals surface area contributed by atoms with E-state index in [-0.39, 0.29) is 11.5 Å². The molecule has 2 heterocycles. The molecule has 0 bridgehead atoms. The maximum Gasteiger partial charge on any atom is 0.205 e. The predicted molar refractivity (Wildman–Crippen MR) is 94.0 cm³/mol. The molecule has 24 heavy (non-hydrogen) atoms. The second kappa shape index (κ2) is 6.59. The number of thiophene rings is 1. The van der Waals surface area contributed by atoms with Crippen LogP contribution in [0.2, 0.25) is 10.0 Å². The van der Waals surface area contributed by atoms with Crippen LogP contribution in [0.3, 0.4) is 0 Å². The van der Waals surface area contributed by atoms with Gasteiger partial charge in [-0.1, -0.05) is 35.3 Å². The Hall–Kier alpha value is -2.44. The largest absolute Gasteiger partial charge is 0.438 e. The van der Waals surface area contributed by atoms with E-state index in [1.165, 1.54) is 11.3 Å². The minimum atomic E-state index is -0.652. The summed E-state index contributed by atoms with van der Waals surface area (Å²) in [4.78, 5) is 0.761. The Kier molecular flexibility index (Phi) is 4.51. The first kappa shape index (κ1) is 16.4. The summed E-state index contributed by atoms with van der Waals surface area (Å²) in [5, 5.41) is 21.8. The first-order valence-electron chi connectivity index (χ1n) is 6.77. The summed E-state index contributed by atoms with van der Waals surface area (Å²) in [6, 6.07) is 12.8. The number of rotatable bonds is 2. The highest BCUT2D eigenvalue weighted by molar-refractivity contribution is 7.11. The zero-order chi connectivity index (χ0) is 17.3. The third-order valence-corrected chi connectivity index (χ3v) is 5.17. The number of hydrogen-bond donors (Lipinski definition) is 1. The molecule has 2 N–H and O–H groups in total. The van der Waals surface area contributed by atoms with Crippen molar-refractivity contribution in [3.8, 4) is 12.1 Å². The number of ether oxygens (including phenoxy) is 1. The molecule has 1 aliphatic rings. The van der Waals surface area contributed by atoms with Crippen LogP contribution in [0.4, 0.5) is 0 Å². The summed E-state index contributed by atoms with van der Waals surface area (Å²) >= 11 is 13.5.